The van der Waals surface area contributed by atoms with Crippen molar-refractivity contribution in [2.75, 3.05) is 0 Å². The SMILES string of the molecule is C=[CH][Zr].Cl.Cl. The Kier molecular flexibility index (Phi) is 62.0. The Morgan fingerprint density at radius 2 is 1.40 bits per heavy atom. The summed E-state index contributed by atoms with van der Waals surface area (Å²) in [6, 6.07) is 0. The van der Waals surface area contributed by atoms with Crippen LogP contribution in [0.2, 0.25) is 0 Å². The van der Waals surface area contributed by atoms with Gasteiger partial charge in [0.05, 0.1) is 0 Å². The average Bonchev–Trinajstić information content (AvgIpc) is 0.918. The van der Waals surface area contributed by atoms with E-state index in [0.717, 1.165) is 0 Å². The number of rotatable bonds is 0. The van der Waals surface area contributed by atoms with Crippen LogP contribution in [0.1, 0.15) is 0 Å². The van der Waals surface area contributed by atoms with Gasteiger partial charge in [-0.1, -0.05) is 0 Å². The van der Waals surface area contributed by atoms with Gasteiger partial charge in [-0.2, -0.15) is 0 Å². The van der Waals surface area contributed by atoms with Gasteiger partial charge in [-0.25, -0.2) is 0 Å². The molecule has 0 unspecified atom stereocenters. The van der Waals surface area contributed by atoms with Gasteiger partial charge in [-0.05, 0) is 0 Å². The minimum atomic E-state index is 0. The maximum absolute atomic E-state index is 3.40. The summed E-state index contributed by atoms with van der Waals surface area (Å²) in [5.74, 6) is 0. The van der Waals surface area contributed by atoms with Gasteiger partial charge in [0.25, 0.3) is 0 Å². The van der Waals surface area contributed by atoms with Gasteiger partial charge in [0, 0.05) is 0 Å². The van der Waals surface area contributed by atoms with Crippen molar-refractivity contribution >= 4 is 24.8 Å². The van der Waals surface area contributed by atoms with Crippen molar-refractivity contribution in [3.63, 3.8) is 0 Å². The first-order valence-electron chi connectivity index (χ1n) is 0.697. The molecule has 31 valence electrons. The van der Waals surface area contributed by atoms with E-state index >= 15 is 0 Å². The predicted octanol–water partition coefficient (Wildman–Crippen LogP) is 1.52. The summed E-state index contributed by atoms with van der Waals surface area (Å²) in [7, 11) is 0. The molecule has 0 spiro atoms. The fraction of sp³-hybridized carbons (Fsp3) is 0. The molecule has 0 saturated heterocycles. The predicted molar refractivity (Wildman–Crippen MR) is 24.7 cm³/mol. The van der Waals surface area contributed by atoms with Crippen molar-refractivity contribution in [1.82, 2.24) is 0 Å². The largest absolute Gasteiger partial charge is 0.147 e. The maximum atomic E-state index is 3.40. The molecule has 0 aliphatic heterocycles. The van der Waals surface area contributed by atoms with Gasteiger partial charge in [-0.3, -0.25) is 0 Å². The minimum absolute atomic E-state index is 0. The molecule has 0 N–H and O–H groups in total. The van der Waals surface area contributed by atoms with E-state index < -0.39 is 0 Å². The molecule has 0 aromatic carbocycles. The summed E-state index contributed by atoms with van der Waals surface area (Å²) >= 11 is 1.40. The molecule has 0 aliphatic carbocycles. The Morgan fingerprint density at radius 1 is 1.40 bits per heavy atom. The van der Waals surface area contributed by atoms with Gasteiger partial charge < -0.3 is 0 Å². The van der Waals surface area contributed by atoms with E-state index in [0.29, 0.717) is 0 Å². The molecule has 0 aromatic rings. The van der Waals surface area contributed by atoms with E-state index in [1.54, 1.807) is 0 Å². The average molecular weight is 191 g/mol. The molecule has 0 radical (unpaired) electrons. The molecular formula is C2H5Cl2Zr. The van der Waals surface area contributed by atoms with Crippen molar-refractivity contribution in [3.05, 3.63) is 10.4 Å². The first-order valence-corrected chi connectivity index (χ1v) is 2.12. The normalized spacial score (nSPS) is 2.20. The van der Waals surface area contributed by atoms with Crippen LogP contribution in [0.25, 0.3) is 0 Å². The van der Waals surface area contributed by atoms with E-state index in [9.17, 15) is 0 Å². The topological polar surface area (TPSA) is 0 Å². The fourth-order valence-corrected chi connectivity index (χ4v) is 0. The summed E-state index contributed by atoms with van der Waals surface area (Å²) in [5.41, 5.74) is 0. The summed E-state index contributed by atoms with van der Waals surface area (Å²) in [6.07, 6.45) is 0. The summed E-state index contributed by atoms with van der Waals surface area (Å²) in [5, 5.41) is 0. The number of halogens is 2. The molecule has 0 atom stereocenters. The van der Waals surface area contributed by atoms with Crippen molar-refractivity contribution < 1.29 is 24.7 Å². The van der Waals surface area contributed by atoms with Crippen LogP contribution in [0.5, 0.6) is 0 Å². The molecule has 0 aromatic heterocycles. The van der Waals surface area contributed by atoms with E-state index in [-0.39, 0.29) is 24.8 Å². The first kappa shape index (κ1) is 16.4. The molecule has 0 bridgehead atoms. The fourth-order valence-electron chi connectivity index (χ4n) is 0. The maximum Gasteiger partial charge on any atom is -0.147 e. The second kappa shape index (κ2) is 18.9. The molecule has 0 heterocycles. The molecular weight excluding hydrogens is 186 g/mol. The Hall–Kier alpha value is 1.20. The third kappa shape index (κ3) is 36.9. The Morgan fingerprint density at radius 3 is 1.40 bits per heavy atom. The first-order chi connectivity index (χ1) is 1.41. The molecule has 0 aliphatic rings. The Bertz CT molecular complexity index is 15.1. The zero-order chi connectivity index (χ0) is 2.71. The second-order valence-corrected chi connectivity index (χ2v) is 1.21. The van der Waals surface area contributed by atoms with Gasteiger partial charge in [0.1, 0.15) is 0 Å². The van der Waals surface area contributed by atoms with E-state index in [1.165, 1.54) is 24.7 Å². The van der Waals surface area contributed by atoms with Crippen LogP contribution in [0.15, 0.2) is 10.4 Å². The van der Waals surface area contributed by atoms with E-state index in [2.05, 4.69) is 6.58 Å². The van der Waals surface area contributed by atoms with Crippen LogP contribution in [0.3, 0.4) is 0 Å². The molecule has 0 amide bonds. The van der Waals surface area contributed by atoms with Crippen LogP contribution in [0.4, 0.5) is 0 Å². The third-order valence-electron chi connectivity index (χ3n) is 0. The standard InChI is InChI=1S/C2H3.2ClH.Zr/c1-2;;;/h1H,2H2;2*1H;. The van der Waals surface area contributed by atoms with Gasteiger partial charge >= 0.3 is 35.1 Å². The van der Waals surface area contributed by atoms with Gasteiger partial charge in [0.15, 0.2) is 0 Å². The van der Waals surface area contributed by atoms with Crippen LogP contribution < -0.4 is 0 Å². The zero-order valence-electron chi connectivity index (χ0n) is 2.60. The Balaban J connectivity index is -0.0000000200. The summed E-state index contributed by atoms with van der Waals surface area (Å²) < 4.78 is 1.84. The molecule has 3 heteroatoms. The third-order valence-corrected chi connectivity index (χ3v) is 0. The molecule has 0 nitrogen and oxygen atoms in total. The van der Waals surface area contributed by atoms with E-state index in [4.69, 9.17) is 0 Å². The van der Waals surface area contributed by atoms with Crippen molar-refractivity contribution in [2.24, 2.45) is 0 Å². The minimum Gasteiger partial charge on any atom is -0.147 e. The van der Waals surface area contributed by atoms with Crippen molar-refractivity contribution in [3.8, 4) is 0 Å². The van der Waals surface area contributed by atoms with Gasteiger partial charge in [-0.15, -0.1) is 24.8 Å². The zero-order valence-corrected chi connectivity index (χ0v) is 6.69. The van der Waals surface area contributed by atoms with Crippen LogP contribution in [-0.4, -0.2) is 0 Å². The quantitative estimate of drug-likeness (QED) is 0.544. The van der Waals surface area contributed by atoms with Crippen molar-refractivity contribution in [1.29, 1.82) is 0 Å². The van der Waals surface area contributed by atoms with Crippen LogP contribution in [0, 0.1) is 0 Å². The smallest absolute Gasteiger partial charge is 0.147 e. The van der Waals surface area contributed by atoms with Crippen LogP contribution in [-0.2, 0) is 24.7 Å². The van der Waals surface area contributed by atoms with E-state index in [1.807, 2.05) is 3.78 Å². The molecule has 0 saturated carbocycles. The monoisotopic (exact) mass is 189 g/mol. The van der Waals surface area contributed by atoms with Crippen LogP contribution >= 0.6 is 24.8 Å². The molecule has 0 rings (SSSR count). The van der Waals surface area contributed by atoms with Crippen molar-refractivity contribution in [2.45, 2.75) is 0 Å². The molecule has 5 heavy (non-hydrogen) atoms. The summed E-state index contributed by atoms with van der Waals surface area (Å²) in [6.45, 7) is 3.40. The molecule has 0 fully saturated rings. The Labute approximate surface area is 59.7 Å². The summed E-state index contributed by atoms with van der Waals surface area (Å²) in [4.78, 5) is 0. The number of hydrogen-bond donors (Lipinski definition) is 0. The second-order valence-electron chi connectivity index (χ2n) is 0.204. The number of hydrogen-bond acceptors (Lipinski definition) is 0. The van der Waals surface area contributed by atoms with Gasteiger partial charge in [0.2, 0.25) is 0 Å².